The van der Waals surface area contributed by atoms with E-state index in [0.29, 0.717) is 19.6 Å². The van der Waals surface area contributed by atoms with Crippen LogP contribution < -0.4 is 4.74 Å². The summed E-state index contributed by atoms with van der Waals surface area (Å²) in [5, 5.41) is 9.50. The molecule has 0 aromatic heterocycles. The molecule has 1 N–H and O–H groups in total. The number of aliphatic hydroxyl groups is 1. The molecule has 2 rings (SSSR count). The standard InChI is InChI=1S/C13H16O3/c1-15-6-2-3-10-4-5-13-11(7-10)8-12(14)9-16-13/h2-5,7,12,14H,6,8-9H2,1H3/b3-2+. The summed E-state index contributed by atoms with van der Waals surface area (Å²) in [4.78, 5) is 0. The molecular formula is C13H16O3. The highest BCUT2D eigenvalue weighted by atomic mass is 16.5. The zero-order valence-electron chi connectivity index (χ0n) is 9.35. The van der Waals surface area contributed by atoms with Crippen LogP contribution >= 0.6 is 0 Å². The van der Waals surface area contributed by atoms with E-state index in [9.17, 15) is 5.11 Å². The summed E-state index contributed by atoms with van der Waals surface area (Å²) in [6.45, 7) is 1.00. The third-order valence-electron chi connectivity index (χ3n) is 2.54. The highest BCUT2D eigenvalue weighted by Crippen LogP contribution is 2.26. The van der Waals surface area contributed by atoms with Crippen molar-refractivity contribution < 1.29 is 14.6 Å². The Bertz CT molecular complexity index is 385. The zero-order chi connectivity index (χ0) is 11.4. The van der Waals surface area contributed by atoms with Gasteiger partial charge in [0.1, 0.15) is 12.4 Å². The summed E-state index contributed by atoms with van der Waals surface area (Å²) in [5.74, 6) is 0.884. The van der Waals surface area contributed by atoms with Gasteiger partial charge < -0.3 is 14.6 Å². The SMILES string of the molecule is COC/C=C/c1ccc2c(c1)CC(O)CO2. The predicted octanol–water partition coefficient (Wildman–Crippen LogP) is 1.64. The van der Waals surface area contributed by atoms with Gasteiger partial charge in [-0.3, -0.25) is 0 Å². The second-order valence-electron chi connectivity index (χ2n) is 3.89. The number of fused-ring (bicyclic) bond motifs is 1. The second kappa shape index (κ2) is 5.14. The summed E-state index contributed by atoms with van der Waals surface area (Å²) >= 11 is 0. The van der Waals surface area contributed by atoms with Crippen molar-refractivity contribution >= 4 is 6.08 Å². The molecule has 0 spiro atoms. The summed E-state index contributed by atoms with van der Waals surface area (Å²) in [5.41, 5.74) is 2.17. The highest BCUT2D eigenvalue weighted by Gasteiger charge is 2.17. The third-order valence-corrected chi connectivity index (χ3v) is 2.54. The van der Waals surface area contributed by atoms with Crippen molar-refractivity contribution in [3.05, 3.63) is 35.4 Å². The van der Waals surface area contributed by atoms with Crippen LogP contribution in [0.5, 0.6) is 5.75 Å². The van der Waals surface area contributed by atoms with E-state index >= 15 is 0 Å². The Morgan fingerprint density at radius 2 is 2.44 bits per heavy atom. The monoisotopic (exact) mass is 220 g/mol. The van der Waals surface area contributed by atoms with Gasteiger partial charge in [-0.1, -0.05) is 18.2 Å². The molecule has 16 heavy (non-hydrogen) atoms. The largest absolute Gasteiger partial charge is 0.491 e. The number of hydrogen-bond acceptors (Lipinski definition) is 3. The molecule has 0 saturated carbocycles. The minimum atomic E-state index is -0.384. The van der Waals surface area contributed by atoms with Crippen molar-refractivity contribution in [3.63, 3.8) is 0 Å². The van der Waals surface area contributed by atoms with Crippen molar-refractivity contribution in [1.29, 1.82) is 0 Å². The van der Waals surface area contributed by atoms with Gasteiger partial charge in [0.2, 0.25) is 0 Å². The van der Waals surface area contributed by atoms with Gasteiger partial charge in [0, 0.05) is 13.5 Å². The predicted molar refractivity (Wildman–Crippen MR) is 62.6 cm³/mol. The number of ether oxygens (including phenoxy) is 2. The van der Waals surface area contributed by atoms with E-state index in [2.05, 4.69) is 0 Å². The molecule has 86 valence electrons. The first-order valence-corrected chi connectivity index (χ1v) is 5.39. The molecule has 0 saturated heterocycles. The normalized spacial score (nSPS) is 19.5. The van der Waals surface area contributed by atoms with Crippen molar-refractivity contribution in [3.8, 4) is 5.75 Å². The van der Waals surface area contributed by atoms with Crippen molar-refractivity contribution in [2.45, 2.75) is 12.5 Å². The number of rotatable bonds is 3. The molecule has 0 bridgehead atoms. The Balaban J connectivity index is 2.15. The summed E-state index contributed by atoms with van der Waals surface area (Å²) in [6.07, 6.45) is 4.25. The fourth-order valence-corrected chi connectivity index (χ4v) is 1.78. The molecule has 3 nitrogen and oxygen atoms in total. The Kier molecular flexibility index (Phi) is 3.59. The lowest BCUT2D eigenvalue weighted by Crippen LogP contribution is -2.25. The second-order valence-corrected chi connectivity index (χ2v) is 3.89. The lowest BCUT2D eigenvalue weighted by atomic mass is 10.0. The van der Waals surface area contributed by atoms with Crippen LogP contribution in [-0.2, 0) is 11.2 Å². The maximum atomic E-state index is 9.50. The number of methoxy groups -OCH3 is 1. The topological polar surface area (TPSA) is 38.7 Å². The van der Waals surface area contributed by atoms with E-state index < -0.39 is 0 Å². The van der Waals surface area contributed by atoms with E-state index in [1.807, 2.05) is 30.4 Å². The molecule has 0 fully saturated rings. The summed E-state index contributed by atoms with van der Waals surface area (Å²) in [6, 6.07) is 6.00. The lowest BCUT2D eigenvalue weighted by molar-refractivity contribution is 0.0921. The Hall–Kier alpha value is -1.32. The third kappa shape index (κ3) is 2.62. The van der Waals surface area contributed by atoms with E-state index in [4.69, 9.17) is 9.47 Å². The zero-order valence-corrected chi connectivity index (χ0v) is 9.35. The van der Waals surface area contributed by atoms with Gasteiger partial charge in [-0.25, -0.2) is 0 Å². The van der Waals surface area contributed by atoms with Crippen LogP contribution in [-0.4, -0.2) is 31.5 Å². The maximum Gasteiger partial charge on any atom is 0.122 e. The average molecular weight is 220 g/mol. The van der Waals surface area contributed by atoms with Crippen LogP contribution in [0.4, 0.5) is 0 Å². The van der Waals surface area contributed by atoms with Gasteiger partial charge in [-0.2, -0.15) is 0 Å². The fraction of sp³-hybridized carbons (Fsp3) is 0.385. The molecule has 0 aliphatic carbocycles. The number of benzene rings is 1. The molecule has 1 aromatic rings. The van der Waals surface area contributed by atoms with Gasteiger partial charge in [-0.15, -0.1) is 0 Å². The molecule has 1 unspecified atom stereocenters. The van der Waals surface area contributed by atoms with E-state index in [1.54, 1.807) is 7.11 Å². The van der Waals surface area contributed by atoms with E-state index in [0.717, 1.165) is 16.9 Å². The lowest BCUT2D eigenvalue weighted by Gasteiger charge is -2.21. The molecule has 0 radical (unpaired) electrons. The van der Waals surface area contributed by atoms with Gasteiger partial charge in [0.15, 0.2) is 0 Å². The molecule has 3 heteroatoms. The fourth-order valence-electron chi connectivity index (χ4n) is 1.78. The van der Waals surface area contributed by atoms with Crippen LogP contribution in [0.25, 0.3) is 6.08 Å². The molecule has 1 aromatic carbocycles. The molecular weight excluding hydrogens is 204 g/mol. The quantitative estimate of drug-likeness (QED) is 0.841. The van der Waals surface area contributed by atoms with Crippen LogP contribution in [0.3, 0.4) is 0 Å². The first-order valence-electron chi connectivity index (χ1n) is 5.39. The van der Waals surface area contributed by atoms with Gasteiger partial charge in [0.05, 0.1) is 12.7 Å². The maximum absolute atomic E-state index is 9.50. The van der Waals surface area contributed by atoms with E-state index in [-0.39, 0.29) is 6.10 Å². The smallest absolute Gasteiger partial charge is 0.122 e. The molecule has 1 heterocycles. The van der Waals surface area contributed by atoms with Crippen molar-refractivity contribution in [1.82, 2.24) is 0 Å². The first kappa shape index (κ1) is 11.2. The van der Waals surface area contributed by atoms with Gasteiger partial charge in [0.25, 0.3) is 0 Å². The van der Waals surface area contributed by atoms with Crippen molar-refractivity contribution in [2.24, 2.45) is 0 Å². The van der Waals surface area contributed by atoms with Gasteiger partial charge >= 0.3 is 0 Å². The number of hydrogen-bond donors (Lipinski definition) is 1. The first-order chi connectivity index (χ1) is 7.79. The van der Waals surface area contributed by atoms with E-state index in [1.165, 1.54) is 0 Å². The van der Waals surface area contributed by atoms with Crippen LogP contribution in [0, 0.1) is 0 Å². The Morgan fingerprint density at radius 3 is 3.25 bits per heavy atom. The Labute approximate surface area is 95.3 Å². The van der Waals surface area contributed by atoms with Crippen LogP contribution in [0.2, 0.25) is 0 Å². The summed E-state index contributed by atoms with van der Waals surface area (Å²) < 4.78 is 10.4. The molecule has 0 amide bonds. The molecule has 1 aliphatic rings. The van der Waals surface area contributed by atoms with Crippen LogP contribution in [0.15, 0.2) is 24.3 Å². The molecule has 1 aliphatic heterocycles. The molecule has 1 atom stereocenters. The Morgan fingerprint density at radius 1 is 1.56 bits per heavy atom. The average Bonchev–Trinajstić information content (AvgIpc) is 2.29. The minimum Gasteiger partial charge on any atom is -0.491 e. The minimum absolute atomic E-state index is 0.384. The number of aliphatic hydroxyl groups excluding tert-OH is 1. The highest BCUT2D eigenvalue weighted by molar-refractivity contribution is 5.54. The summed E-state index contributed by atoms with van der Waals surface area (Å²) in [7, 11) is 1.67. The van der Waals surface area contributed by atoms with Crippen LogP contribution in [0.1, 0.15) is 11.1 Å². The van der Waals surface area contributed by atoms with Crippen molar-refractivity contribution in [2.75, 3.05) is 20.3 Å². The van der Waals surface area contributed by atoms with Gasteiger partial charge in [-0.05, 0) is 23.3 Å².